The number of benzene rings is 1. The molecule has 1 heterocycles. The van der Waals surface area contributed by atoms with Crippen molar-refractivity contribution < 1.29 is 18.3 Å². The van der Waals surface area contributed by atoms with Crippen LogP contribution in [0.2, 0.25) is 0 Å². The Morgan fingerprint density at radius 3 is 2.68 bits per heavy atom. The molecule has 0 amide bonds. The van der Waals surface area contributed by atoms with Crippen molar-refractivity contribution in [1.29, 1.82) is 0 Å². The summed E-state index contributed by atoms with van der Waals surface area (Å²) in [4.78, 5) is 16.0. The second-order valence-corrected chi connectivity index (χ2v) is 3.93. The van der Waals surface area contributed by atoms with Gasteiger partial charge < -0.3 is 4.74 Å². The highest BCUT2D eigenvalue weighted by Gasteiger charge is 2.13. The molecule has 1 aromatic heterocycles. The first-order valence-electron chi connectivity index (χ1n) is 5.58. The number of hydrogen-bond donors (Lipinski definition) is 0. The second kappa shape index (κ2) is 5.56. The van der Waals surface area contributed by atoms with Gasteiger partial charge in [-0.1, -0.05) is 12.1 Å². The first kappa shape index (κ1) is 13.1. The maximum atomic E-state index is 12.2. The number of halogens is 2. The van der Waals surface area contributed by atoms with Crippen LogP contribution in [-0.4, -0.2) is 17.4 Å². The highest BCUT2D eigenvalue weighted by Crippen LogP contribution is 2.23. The number of ether oxygens (including phenoxy) is 1. The number of pyridine rings is 1. The number of carbonyl (C=O) groups is 1. The van der Waals surface area contributed by atoms with Gasteiger partial charge in [0.05, 0.1) is 0 Å². The van der Waals surface area contributed by atoms with Gasteiger partial charge in [0.25, 0.3) is 0 Å². The lowest BCUT2D eigenvalue weighted by molar-refractivity contribution is -0.0503. The molecule has 0 radical (unpaired) electrons. The van der Waals surface area contributed by atoms with Gasteiger partial charge in [0.15, 0.2) is 5.78 Å². The topological polar surface area (TPSA) is 39.2 Å². The SMILES string of the molecule is Cc1ccc(C(=O)c2cccnc2)cc1OC(F)F. The van der Waals surface area contributed by atoms with Crippen molar-refractivity contribution >= 4 is 5.78 Å². The predicted molar refractivity (Wildman–Crippen MR) is 65.5 cm³/mol. The van der Waals surface area contributed by atoms with E-state index >= 15 is 0 Å². The lowest BCUT2D eigenvalue weighted by Crippen LogP contribution is -2.06. The van der Waals surface area contributed by atoms with Crippen molar-refractivity contribution in [2.24, 2.45) is 0 Å². The molecule has 0 aliphatic heterocycles. The molecule has 0 aliphatic rings. The summed E-state index contributed by atoms with van der Waals surface area (Å²) in [6.07, 6.45) is 2.98. The first-order chi connectivity index (χ1) is 9.08. The number of nitrogens with zero attached hydrogens (tertiary/aromatic N) is 1. The van der Waals surface area contributed by atoms with Gasteiger partial charge in [-0.05, 0) is 30.7 Å². The summed E-state index contributed by atoms with van der Waals surface area (Å²) in [5.74, 6) is -0.281. The van der Waals surface area contributed by atoms with Crippen LogP contribution >= 0.6 is 0 Å². The van der Waals surface area contributed by atoms with E-state index in [9.17, 15) is 13.6 Å². The molecule has 0 saturated heterocycles. The zero-order valence-corrected chi connectivity index (χ0v) is 10.1. The maximum absolute atomic E-state index is 12.2. The van der Waals surface area contributed by atoms with Gasteiger partial charge in [-0.3, -0.25) is 9.78 Å². The number of alkyl halides is 2. The molecule has 2 aromatic rings. The van der Waals surface area contributed by atoms with Gasteiger partial charge in [-0.15, -0.1) is 0 Å². The number of ketones is 1. The molecule has 1 aromatic carbocycles. The molecule has 0 N–H and O–H groups in total. The fourth-order valence-corrected chi connectivity index (χ4v) is 1.63. The third kappa shape index (κ3) is 3.13. The Hall–Kier alpha value is -2.30. The fourth-order valence-electron chi connectivity index (χ4n) is 1.63. The number of carbonyl (C=O) groups excluding carboxylic acids is 1. The number of rotatable bonds is 4. The first-order valence-corrected chi connectivity index (χ1v) is 5.58. The summed E-state index contributed by atoms with van der Waals surface area (Å²) in [6.45, 7) is -1.28. The minimum Gasteiger partial charge on any atom is -0.435 e. The van der Waals surface area contributed by atoms with Gasteiger partial charge in [-0.2, -0.15) is 8.78 Å². The number of hydrogen-bond acceptors (Lipinski definition) is 3. The van der Waals surface area contributed by atoms with Crippen molar-refractivity contribution in [2.45, 2.75) is 13.5 Å². The summed E-state index contributed by atoms with van der Waals surface area (Å²) < 4.78 is 28.8. The Morgan fingerprint density at radius 2 is 2.05 bits per heavy atom. The number of aromatic nitrogens is 1. The molecule has 19 heavy (non-hydrogen) atoms. The van der Waals surface area contributed by atoms with Crippen LogP contribution < -0.4 is 4.74 Å². The highest BCUT2D eigenvalue weighted by molar-refractivity contribution is 6.09. The van der Waals surface area contributed by atoms with Crippen molar-refractivity contribution in [3.8, 4) is 5.75 Å². The average molecular weight is 263 g/mol. The third-order valence-electron chi connectivity index (χ3n) is 2.59. The van der Waals surface area contributed by atoms with Crippen LogP contribution in [0.1, 0.15) is 21.5 Å². The van der Waals surface area contributed by atoms with Gasteiger partial charge in [0.2, 0.25) is 0 Å². The lowest BCUT2D eigenvalue weighted by Gasteiger charge is -2.09. The van der Waals surface area contributed by atoms with Crippen LogP contribution in [0.25, 0.3) is 0 Å². The van der Waals surface area contributed by atoms with Gasteiger partial charge >= 0.3 is 6.61 Å². The summed E-state index contributed by atoms with van der Waals surface area (Å²) >= 11 is 0. The normalized spacial score (nSPS) is 10.5. The molecule has 3 nitrogen and oxygen atoms in total. The lowest BCUT2D eigenvalue weighted by atomic mass is 10.0. The molecule has 0 spiro atoms. The van der Waals surface area contributed by atoms with Crippen LogP contribution in [0, 0.1) is 6.92 Å². The number of aryl methyl sites for hydroxylation is 1. The van der Waals surface area contributed by atoms with Crippen LogP contribution in [0.15, 0.2) is 42.7 Å². The Balaban J connectivity index is 2.33. The summed E-state index contributed by atoms with van der Waals surface area (Å²) in [5.41, 5.74) is 1.23. The van der Waals surface area contributed by atoms with E-state index in [1.807, 2.05) is 0 Å². The van der Waals surface area contributed by atoms with Crippen molar-refractivity contribution in [3.63, 3.8) is 0 Å². The third-order valence-corrected chi connectivity index (χ3v) is 2.59. The molecule has 0 unspecified atom stereocenters. The molecule has 2 rings (SSSR count). The van der Waals surface area contributed by atoms with Crippen LogP contribution in [-0.2, 0) is 0 Å². The largest absolute Gasteiger partial charge is 0.435 e. The minimum absolute atomic E-state index is 0.00439. The monoisotopic (exact) mass is 263 g/mol. The van der Waals surface area contributed by atoms with E-state index < -0.39 is 6.61 Å². The molecule has 98 valence electrons. The van der Waals surface area contributed by atoms with E-state index in [2.05, 4.69) is 9.72 Å². The zero-order valence-electron chi connectivity index (χ0n) is 10.1. The predicted octanol–water partition coefficient (Wildman–Crippen LogP) is 3.22. The van der Waals surface area contributed by atoms with Crippen molar-refractivity contribution in [1.82, 2.24) is 4.98 Å². The maximum Gasteiger partial charge on any atom is 0.387 e. The molecule has 0 saturated carbocycles. The molecule has 0 aliphatic carbocycles. The van der Waals surface area contributed by atoms with Crippen LogP contribution in [0.5, 0.6) is 5.75 Å². The fraction of sp³-hybridized carbons (Fsp3) is 0.143. The quantitative estimate of drug-likeness (QED) is 0.795. The molecular formula is C14H11F2NO2. The molecule has 0 bridgehead atoms. The van der Waals surface area contributed by atoms with E-state index in [0.717, 1.165) is 0 Å². The summed E-state index contributed by atoms with van der Waals surface area (Å²) in [5, 5.41) is 0. The van der Waals surface area contributed by atoms with E-state index in [1.165, 1.54) is 12.3 Å². The van der Waals surface area contributed by atoms with Crippen molar-refractivity contribution in [2.75, 3.05) is 0 Å². The second-order valence-electron chi connectivity index (χ2n) is 3.93. The standard InChI is InChI=1S/C14H11F2NO2/c1-9-4-5-10(7-12(9)19-14(15)16)13(18)11-3-2-6-17-8-11/h2-8,14H,1H3. The van der Waals surface area contributed by atoms with E-state index in [1.54, 1.807) is 37.4 Å². The van der Waals surface area contributed by atoms with Crippen LogP contribution in [0.3, 0.4) is 0 Å². The van der Waals surface area contributed by atoms with E-state index in [0.29, 0.717) is 11.1 Å². The molecular weight excluding hydrogens is 252 g/mol. The van der Waals surface area contributed by atoms with Crippen LogP contribution in [0.4, 0.5) is 8.78 Å². The van der Waals surface area contributed by atoms with Gasteiger partial charge in [-0.25, -0.2) is 0 Å². The Kier molecular flexibility index (Phi) is 3.85. The Bertz CT molecular complexity index is 585. The summed E-state index contributed by atoms with van der Waals surface area (Å²) in [7, 11) is 0. The van der Waals surface area contributed by atoms with Crippen molar-refractivity contribution in [3.05, 3.63) is 59.4 Å². The Labute approximate surface area is 108 Å². The smallest absolute Gasteiger partial charge is 0.387 e. The molecule has 0 fully saturated rings. The van der Waals surface area contributed by atoms with Gasteiger partial charge in [0, 0.05) is 23.5 Å². The van der Waals surface area contributed by atoms with Gasteiger partial charge in [0.1, 0.15) is 5.75 Å². The minimum atomic E-state index is -2.91. The summed E-state index contributed by atoms with van der Waals surface area (Å²) in [6, 6.07) is 7.71. The van der Waals surface area contributed by atoms with E-state index in [-0.39, 0.29) is 17.1 Å². The van der Waals surface area contributed by atoms with E-state index in [4.69, 9.17) is 0 Å². The zero-order chi connectivity index (χ0) is 13.8. The highest BCUT2D eigenvalue weighted by atomic mass is 19.3. The molecule has 5 heteroatoms. The Morgan fingerprint density at radius 1 is 1.26 bits per heavy atom. The average Bonchev–Trinajstić information content (AvgIpc) is 2.41. The molecule has 0 atom stereocenters.